The van der Waals surface area contributed by atoms with E-state index in [-0.39, 0.29) is 0 Å². The van der Waals surface area contributed by atoms with Crippen LogP contribution in [0.2, 0.25) is 0 Å². The molecule has 1 unspecified atom stereocenters. The van der Waals surface area contributed by atoms with Gasteiger partial charge in [0.05, 0.1) is 0 Å². The van der Waals surface area contributed by atoms with Crippen molar-refractivity contribution < 1.29 is 0 Å². The van der Waals surface area contributed by atoms with Gasteiger partial charge in [-0.15, -0.1) is 0 Å². The highest BCUT2D eigenvalue weighted by molar-refractivity contribution is 7.73. The first-order valence-electron chi connectivity index (χ1n) is 12.1. The summed E-state index contributed by atoms with van der Waals surface area (Å²) < 4.78 is 0. The minimum atomic E-state index is -0.628. The smallest absolute Gasteiger partial charge is 0.0384 e. The Morgan fingerprint density at radius 2 is 1.18 bits per heavy atom. The molecule has 4 aromatic rings. The molecule has 0 bridgehead atoms. The van der Waals surface area contributed by atoms with E-state index in [0.717, 1.165) is 6.42 Å². The Morgan fingerprint density at radius 3 is 1.85 bits per heavy atom. The first-order valence-corrected chi connectivity index (χ1v) is 13.6. The van der Waals surface area contributed by atoms with Gasteiger partial charge in [0, 0.05) is 5.66 Å². The lowest BCUT2D eigenvalue weighted by Gasteiger charge is -2.31. The van der Waals surface area contributed by atoms with Gasteiger partial charge in [0.15, 0.2) is 0 Å². The molecule has 0 radical (unpaired) electrons. The van der Waals surface area contributed by atoms with E-state index < -0.39 is 7.92 Å². The average molecular weight is 447 g/mol. The van der Waals surface area contributed by atoms with E-state index in [1.807, 2.05) is 0 Å². The van der Waals surface area contributed by atoms with Crippen LogP contribution in [-0.4, -0.2) is 0 Å². The number of unbranched alkanes of at least 4 members (excludes halogenated alkanes) is 2. The van der Waals surface area contributed by atoms with Gasteiger partial charge in [0.25, 0.3) is 0 Å². The Bertz CT molecular complexity index is 1180. The number of hydrogen-bond acceptors (Lipinski definition) is 0. The average Bonchev–Trinajstić information content (AvgIpc) is 3.01. The van der Waals surface area contributed by atoms with Crippen molar-refractivity contribution in [2.75, 3.05) is 0 Å². The number of rotatable bonds is 7. The summed E-state index contributed by atoms with van der Waals surface area (Å²) >= 11 is 0. The van der Waals surface area contributed by atoms with Crippen LogP contribution in [0.25, 0.3) is 11.6 Å². The molecule has 1 aliphatic rings. The topological polar surface area (TPSA) is 0 Å². The fraction of sp³-hybridized carbons (Fsp3) is 0.188. The van der Waals surface area contributed by atoms with Crippen LogP contribution in [0, 0.1) is 0 Å². The van der Waals surface area contributed by atoms with Crippen LogP contribution in [0.3, 0.4) is 0 Å². The second-order valence-corrected chi connectivity index (χ2v) is 11.1. The van der Waals surface area contributed by atoms with Crippen molar-refractivity contribution in [1.29, 1.82) is 0 Å². The van der Waals surface area contributed by atoms with Crippen molar-refractivity contribution in [3.05, 3.63) is 131 Å². The van der Waals surface area contributed by atoms with Crippen molar-refractivity contribution >= 4 is 30.2 Å². The standard InChI is InChI=1S/C32H31P/c1-2-3-6-15-25-24-26-16-11-12-22-30(26)32(31-23-14-13-21-29(25)31)33(27-17-7-4-8-18-27)28-19-9-5-10-20-28/h4-5,7-14,16-24,32H,2-3,6,15H2,1H3. The first-order chi connectivity index (χ1) is 16.4. The molecule has 1 aliphatic carbocycles. The summed E-state index contributed by atoms with van der Waals surface area (Å²) in [5.41, 5.74) is 7.55. The molecule has 0 aliphatic heterocycles. The molecule has 0 nitrogen and oxygen atoms in total. The molecular formula is C32H31P. The monoisotopic (exact) mass is 446 g/mol. The largest absolute Gasteiger partial charge is 0.0654 e. The molecule has 0 fully saturated rings. The maximum atomic E-state index is 2.48. The van der Waals surface area contributed by atoms with Crippen molar-refractivity contribution in [1.82, 2.24) is 0 Å². The summed E-state index contributed by atoms with van der Waals surface area (Å²) in [6.07, 6.45) is 7.40. The predicted octanol–water partition coefficient (Wildman–Crippen LogP) is 8.34. The minimum absolute atomic E-state index is 0.317. The molecule has 0 saturated carbocycles. The minimum Gasteiger partial charge on any atom is -0.0654 e. The first kappa shape index (κ1) is 21.9. The maximum Gasteiger partial charge on any atom is 0.0384 e. The second kappa shape index (κ2) is 10.3. The van der Waals surface area contributed by atoms with Gasteiger partial charge in [-0.2, -0.15) is 0 Å². The molecule has 4 aromatic carbocycles. The van der Waals surface area contributed by atoms with Gasteiger partial charge in [0.2, 0.25) is 0 Å². The van der Waals surface area contributed by atoms with Crippen LogP contribution in [0.1, 0.15) is 60.5 Å². The Morgan fingerprint density at radius 1 is 0.606 bits per heavy atom. The van der Waals surface area contributed by atoms with Crippen LogP contribution in [0.4, 0.5) is 0 Å². The molecule has 0 N–H and O–H groups in total. The third kappa shape index (κ3) is 4.59. The number of hydrogen-bond donors (Lipinski definition) is 0. The maximum absolute atomic E-state index is 2.48. The van der Waals surface area contributed by atoms with E-state index in [0.29, 0.717) is 5.66 Å². The Kier molecular flexibility index (Phi) is 6.84. The van der Waals surface area contributed by atoms with Gasteiger partial charge in [0.1, 0.15) is 0 Å². The lowest BCUT2D eigenvalue weighted by Crippen LogP contribution is -2.18. The van der Waals surface area contributed by atoms with Gasteiger partial charge < -0.3 is 0 Å². The Labute approximate surface area is 199 Å². The molecule has 1 atom stereocenters. The molecule has 0 aromatic heterocycles. The van der Waals surface area contributed by atoms with Gasteiger partial charge in [-0.25, -0.2) is 0 Å². The molecule has 0 amide bonds. The second-order valence-electron chi connectivity index (χ2n) is 8.79. The van der Waals surface area contributed by atoms with E-state index in [1.165, 1.54) is 57.7 Å². The zero-order valence-electron chi connectivity index (χ0n) is 19.3. The highest BCUT2D eigenvalue weighted by Crippen LogP contribution is 2.56. The molecule has 5 rings (SSSR count). The molecule has 1 heteroatoms. The molecular weight excluding hydrogens is 415 g/mol. The molecule has 0 spiro atoms. The van der Waals surface area contributed by atoms with E-state index in [4.69, 9.17) is 0 Å². The van der Waals surface area contributed by atoms with Crippen molar-refractivity contribution in [2.45, 2.75) is 38.3 Å². The normalized spacial score (nSPS) is 14.8. The Hall–Kier alpha value is -2.95. The lowest BCUT2D eigenvalue weighted by molar-refractivity contribution is 0.736. The zero-order chi connectivity index (χ0) is 22.5. The van der Waals surface area contributed by atoms with Crippen molar-refractivity contribution in [3.63, 3.8) is 0 Å². The fourth-order valence-corrected chi connectivity index (χ4v) is 7.92. The van der Waals surface area contributed by atoms with Crippen molar-refractivity contribution in [3.8, 4) is 0 Å². The van der Waals surface area contributed by atoms with Crippen LogP contribution >= 0.6 is 7.92 Å². The summed E-state index contributed by atoms with van der Waals surface area (Å²) in [5.74, 6) is 0. The van der Waals surface area contributed by atoms with Crippen molar-refractivity contribution in [2.24, 2.45) is 0 Å². The zero-order valence-corrected chi connectivity index (χ0v) is 20.2. The van der Waals surface area contributed by atoms with E-state index in [1.54, 1.807) is 0 Å². The third-order valence-electron chi connectivity index (χ3n) is 6.60. The van der Waals surface area contributed by atoms with Crippen LogP contribution in [-0.2, 0) is 0 Å². The lowest BCUT2D eigenvalue weighted by atomic mass is 9.94. The number of allylic oxidation sites excluding steroid dienone is 1. The summed E-state index contributed by atoms with van der Waals surface area (Å²) in [7, 11) is -0.628. The predicted molar refractivity (Wildman–Crippen MR) is 146 cm³/mol. The molecule has 164 valence electrons. The van der Waals surface area contributed by atoms with E-state index >= 15 is 0 Å². The summed E-state index contributed by atoms with van der Waals surface area (Å²) in [5, 5.41) is 2.87. The van der Waals surface area contributed by atoms with Gasteiger partial charge in [-0.05, 0) is 59.2 Å². The van der Waals surface area contributed by atoms with Gasteiger partial charge in [-0.3, -0.25) is 0 Å². The SMILES string of the molecule is CCCCCC1=Cc2ccccc2C(P(c2ccccc2)c2ccccc2)c2ccccc21. The highest BCUT2D eigenvalue weighted by atomic mass is 31.1. The third-order valence-corrected chi connectivity index (χ3v) is 9.38. The van der Waals surface area contributed by atoms with Crippen LogP contribution in [0.5, 0.6) is 0 Å². The summed E-state index contributed by atoms with van der Waals surface area (Å²) in [6.45, 7) is 2.29. The summed E-state index contributed by atoms with van der Waals surface area (Å²) in [4.78, 5) is 0. The number of benzene rings is 4. The number of fused-ring (bicyclic) bond motifs is 2. The van der Waals surface area contributed by atoms with E-state index in [2.05, 4.69) is 122 Å². The molecule has 0 heterocycles. The fourth-order valence-electron chi connectivity index (χ4n) is 5.03. The van der Waals surface area contributed by atoms with Gasteiger partial charge in [-0.1, -0.05) is 135 Å². The molecule has 33 heavy (non-hydrogen) atoms. The van der Waals surface area contributed by atoms with Crippen LogP contribution < -0.4 is 10.6 Å². The highest BCUT2D eigenvalue weighted by Gasteiger charge is 2.32. The van der Waals surface area contributed by atoms with E-state index in [9.17, 15) is 0 Å². The van der Waals surface area contributed by atoms with Crippen LogP contribution in [0.15, 0.2) is 109 Å². The quantitative estimate of drug-likeness (QED) is 0.198. The summed E-state index contributed by atoms with van der Waals surface area (Å²) in [6, 6.07) is 40.6. The van der Waals surface area contributed by atoms with Gasteiger partial charge >= 0.3 is 0 Å². The Balaban J connectivity index is 1.74. The molecule has 0 saturated heterocycles.